The number of carbonyl (C=O) groups is 1. The van der Waals surface area contributed by atoms with E-state index in [1.54, 1.807) is 30.6 Å². The average molecular weight is 477 g/mol. The number of carbonyl (C=O) groups excluding carboxylic acids is 1. The molecule has 0 fully saturated rings. The fourth-order valence-electron chi connectivity index (χ4n) is 3.03. The molecule has 0 unspecified atom stereocenters. The Bertz CT molecular complexity index is 1280. The maximum atomic E-state index is 11.4. The topological polar surface area (TPSA) is 115 Å². The standard InChI is InChI=1S/C24H21ClN6O3/c1-2-23(32)28-13-18-12-22(34-31-18)19-14-26-15-29-24(19)30-17-6-7-21(20(25)11-17)33-10-8-16-5-3-4-9-27-16/h2-7,9,11-12,14-15H,1,8,10,13H2,(H,28,32)(H,26,29,30). The number of hydrogen-bond acceptors (Lipinski definition) is 8. The lowest BCUT2D eigenvalue weighted by Gasteiger charge is -2.12. The lowest BCUT2D eigenvalue weighted by Crippen LogP contribution is -2.19. The summed E-state index contributed by atoms with van der Waals surface area (Å²) in [5.74, 6) is 1.24. The maximum Gasteiger partial charge on any atom is 0.243 e. The Kier molecular flexibility index (Phi) is 7.46. The summed E-state index contributed by atoms with van der Waals surface area (Å²) in [7, 11) is 0. The molecule has 0 saturated heterocycles. The van der Waals surface area contributed by atoms with Crippen LogP contribution >= 0.6 is 11.6 Å². The Morgan fingerprint density at radius 2 is 2.09 bits per heavy atom. The van der Waals surface area contributed by atoms with Crippen molar-refractivity contribution in [3.8, 4) is 17.1 Å². The van der Waals surface area contributed by atoms with Gasteiger partial charge in [0.1, 0.15) is 23.6 Å². The number of nitrogens with zero attached hydrogens (tertiary/aromatic N) is 4. The third-order valence-corrected chi connectivity index (χ3v) is 5.00. The molecule has 2 N–H and O–H groups in total. The Morgan fingerprint density at radius 3 is 2.88 bits per heavy atom. The summed E-state index contributed by atoms with van der Waals surface area (Å²) in [5, 5.41) is 10.3. The molecular formula is C24H21ClN6O3. The first kappa shape index (κ1) is 22.9. The lowest BCUT2D eigenvalue weighted by atomic mass is 10.2. The molecule has 0 aliphatic carbocycles. The number of anilines is 2. The molecule has 0 aliphatic heterocycles. The molecule has 3 heterocycles. The van der Waals surface area contributed by atoms with Gasteiger partial charge in [-0.2, -0.15) is 0 Å². The smallest absolute Gasteiger partial charge is 0.243 e. The Balaban J connectivity index is 1.42. The van der Waals surface area contributed by atoms with Crippen molar-refractivity contribution in [2.24, 2.45) is 0 Å². The summed E-state index contributed by atoms with van der Waals surface area (Å²) in [5.41, 5.74) is 2.81. The number of nitrogens with one attached hydrogen (secondary N) is 2. The Morgan fingerprint density at radius 1 is 1.18 bits per heavy atom. The second-order valence-corrected chi connectivity index (χ2v) is 7.49. The van der Waals surface area contributed by atoms with E-state index in [0.29, 0.717) is 52.3 Å². The van der Waals surface area contributed by atoms with Crippen LogP contribution in [0.25, 0.3) is 11.3 Å². The molecule has 172 valence electrons. The summed E-state index contributed by atoms with van der Waals surface area (Å²) in [6.45, 7) is 4.08. The molecule has 0 radical (unpaired) electrons. The number of rotatable bonds is 10. The molecule has 4 rings (SSSR count). The van der Waals surface area contributed by atoms with Gasteiger partial charge in [0.05, 0.1) is 23.7 Å². The minimum atomic E-state index is -0.295. The summed E-state index contributed by atoms with van der Waals surface area (Å²) in [6.07, 6.45) is 6.65. The van der Waals surface area contributed by atoms with E-state index in [0.717, 1.165) is 5.69 Å². The van der Waals surface area contributed by atoms with Gasteiger partial charge in [0, 0.05) is 36.3 Å². The molecular weight excluding hydrogens is 456 g/mol. The van der Waals surface area contributed by atoms with Crippen molar-refractivity contribution in [1.82, 2.24) is 25.4 Å². The molecule has 1 aromatic carbocycles. The minimum Gasteiger partial charge on any atom is -0.492 e. The van der Waals surface area contributed by atoms with Crippen molar-refractivity contribution < 1.29 is 14.1 Å². The molecule has 4 aromatic rings. The van der Waals surface area contributed by atoms with Crippen molar-refractivity contribution in [3.63, 3.8) is 0 Å². The van der Waals surface area contributed by atoms with Gasteiger partial charge in [-0.05, 0) is 36.4 Å². The van der Waals surface area contributed by atoms with Gasteiger partial charge in [-0.15, -0.1) is 0 Å². The average Bonchev–Trinajstić information content (AvgIpc) is 3.34. The number of ether oxygens (including phenoxy) is 1. The third-order valence-electron chi connectivity index (χ3n) is 4.70. The zero-order valence-electron chi connectivity index (χ0n) is 18.1. The van der Waals surface area contributed by atoms with Gasteiger partial charge in [0.2, 0.25) is 5.91 Å². The van der Waals surface area contributed by atoms with Crippen LogP contribution in [0, 0.1) is 0 Å². The predicted molar refractivity (Wildman–Crippen MR) is 128 cm³/mol. The number of benzene rings is 1. The van der Waals surface area contributed by atoms with Crippen LogP contribution in [0.4, 0.5) is 11.5 Å². The fraction of sp³-hybridized carbons (Fsp3) is 0.125. The van der Waals surface area contributed by atoms with E-state index < -0.39 is 0 Å². The highest BCUT2D eigenvalue weighted by Crippen LogP contribution is 2.32. The first-order chi connectivity index (χ1) is 16.6. The van der Waals surface area contributed by atoms with E-state index in [9.17, 15) is 4.79 Å². The molecule has 1 amide bonds. The molecule has 3 aromatic heterocycles. The van der Waals surface area contributed by atoms with Crippen LogP contribution in [-0.4, -0.2) is 32.6 Å². The second-order valence-electron chi connectivity index (χ2n) is 7.08. The number of hydrogen-bond donors (Lipinski definition) is 2. The van der Waals surface area contributed by atoms with E-state index in [1.807, 2.05) is 24.3 Å². The number of halogens is 1. The van der Waals surface area contributed by atoms with E-state index in [-0.39, 0.29) is 12.5 Å². The van der Waals surface area contributed by atoms with Crippen molar-refractivity contribution in [1.29, 1.82) is 0 Å². The van der Waals surface area contributed by atoms with E-state index in [4.69, 9.17) is 20.9 Å². The summed E-state index contributed by atoms with van der Waals surface area (Å²) in [6, 6.07) is 12.9. The molecule has 9 nitrogen and oxygen atoms in total. The van der Waals surface area contributed by atoms with Crippen LogP contribution in [0.3, 0.4) is 0 Å². The molecule has 0 atom stereocenters. The van der Waals surface area contributed by atoms with Crippen LogP contribution in [0.15, 0.2) is 78.4 Å². The first-order valence-corrected chi connectivity index (χ1v) is 10.8. The zero-order chi connectivity index (χ0) is 23.8. The number of pyridine rings is 1. The zero-order valence-corrected chi connectivity index (χ0v) is 18.8. The SMILES string of the molecule is C=CC(=O)NCc1cc(-c2cncnc2Nc2ccc(OCCc3ccccn3)c(Cl)c2)on1. The van der Waals surface area contributed by atoms with Gasteiger partial charge < -0.3 is 19.9 Å². The summed E-state index contributed by atoms with van der Waals surface area (Å²) >= 11 is 6.43. The van der Waals surface area contributed by atoms with Gasteiger partial charge in [0.15, 0.2) is 5.76 Å². The van der Waals surface area contributed by atoms with Crippen molar-refractivity contribution in [3.05, 3.63) is 90.3 Å². The largest absolute Gasteiger partial charge is 0.492 e. The summed E-state index contributed by atoms with van der Waals surface area (Å²) < 4.78 is 11.2. The normalized spacial score (nSPS) is 10.5. The molecule has 0 saturated carbocycles. The van der Waals surface area contributed by atoms with Crippen molar-refractivity contribution >= 4 is 29.0 Å². The summed E-state index contributed by atoms with van der Waals surface area (Å²) in [4.78, 5) is 24.0. The molecule has 0 aliphatic rings. The quantitative estimate of drug-likeness (QED) is 0.325. The van der Waals surface area contributed by atoms with Crippen LogP contribution < -0.4 is 15.4 Å². The monoisotopic (exact) mass is 476 g/mol. The van der Waals surface area contributed by atoms with Crippen LogP contribution in [0.2, 0.25) is 5.02 Å². The van der Waals surface area contributed by atoms with Gasteiger partial charge in [0.25, 0.3) is 0 Å². The fourth-order valence-corrected chi connectivity index (χ4v) is 3.26. The van der Waals surface area contributed by atoms with Crippen LogP contribution in [0.1, 0.15) is 11.4 Å². The maximum absolute atomic E-state index is 11.4. The third kappa shape index (κ3) is 5.96. The van der Waals surface area contributed by atoms with Crippen LogP contribution in [0.5, 0.6) is 5.75 Å². The number of amides is 1. The first-order valence-electron chi connectivity index (χ1n) is 10.4. The second kappa shape index (κ2) is 11.1. The molecule has 10 heteroatoms. The van der Waals surface area contributed by atoms with Gasteiger partial charge in [-0.3, -0.25) is 9.78 Å². The van der Waals surface area contributed by atoms with E-state index >= 15 is 0 Å². The van der Waals surface area contributed by atoms with Gasteiger partial charge in [-0.1, -0.05) is 29.4 Å². The van der Waals surface area contributed by atoms with Gasteiger partial charge >= 0.3 is 0 Å². The lowest BCUT2D eigenvalue weighted by molar-refractivity contribution is -0.116. The highest BCUT2D eigenvalue weighted by atomic mass is 35.5. The van der Waals surface area contributed by atoms with Crippen molar-refractivity contribution in [2.45, 2.75) is 13.0 Å². The molecule has 34 heavy (non-hydrogen) atoms. The van der Waals surface area contributed by atoms with E-state index in [1.165, 1.54) is 12.4 Å². The highest BCUT2D eigenvalue weighted by Gasteiger charge is 2.14. The number of aromatic nitrogens is 4. The minimum absolute atomic E-state index is 0.211. The Labute approximate surface area is 200 Å². The van der Waals surface area contributed by atoms with Gasteiger partial charge in [-0.25, -0.2) is 9.97 Å². The highest BCUT2D eigenvalue weighted by molar-refractivity contribution is 6.32. The molecule has 0 spiro atoms. The molecule has 0 bridgehead atoms. The predicted octanol–water partition coefficient (Wildman–Crippen LogP) is 4.35. The van der Waals surface area contributed by atoms with Crippen LogP contribution in [-0.2, 0) is 17.8 Å². The Hall–Kier alpha value is -4.24. The van der Waals surface area contributed by atoms with E-state index in [2.05, 4.69) is 37.3 Å². The van der Waals surface area contributed by atoms with Crippen molar-refractivity contribution in [2.75, 3.05) is 11.9 Å².